The molecule has 110 valence electrons. The van der Waals surface area contributed by atoms with Gasteiger partial charge in [-0.05, 0) is 41.5 Å². The van der Waals surface area contributed by atoms with E-state index in [0.29, 0.717) is 6.04 Å². The maximum Gasteiger partial charge on any atom is 0.410 e. The summed E-state index contributed by atoms with van der Waals surface area (Å²) in [4.78, 5) is 16.2. The van der Waals surface area contributed by atoms with Crippen LogP contribution in [0.5, 0.6) is 0 Å². The number of rotatable bonds is 2. The highest BCUT2D eigenvalue weighted by atomic mass is 16.6. The molecule has 1 aliphatic rings. The highest BCUT2D eigenvalue weighted by molar-refractivity contribution is 5.68. The molecule has 0 radical (unpaired) electrons. The van der Waals surface area contributed by atoms with Gasteiger partial charge in [0.15, 0.2) is 0 Å². The summed E-state index contributed by atoms with van der Waals surface area (Å²) >= 11 is 0. The van der Waals surface area contributed by atoms with E-state index in [0.717, 1.165) is 26.2 Å². The number of carbonyl (C=O) groups is 1. The highest BCUT2D eigenvalue weighted by Crippen LogP contribution is 2.14. The van der Waals surface area contributed by atoms with E-state index in [1.807, 2.05) is 25.7 Å². The highest BCUT2D eigenvalue weighted by Gasteiger charge is 2.29. The topological polar surface area (TPSA) is 32.8 Å². The van der Waals surface area contributed by atoms with Crippen molar-refractivity contribution in [2.75, 3.05) is 26.2 Å². The van der Waals surface area contributed by atoms with Gasteiger partial charge in [0.2, 0.25) is 0 Å². The minimum atomic E-state index is -0.417. The van der Waals surface area contributed by atoms with E-state index >= 15 is 0 Å². The molecule has 1 heterocycles. The Bertz CT molecular complexity index is 341. The summed E-state index contributed by atoms with van der Waals surface area (Å²) in [6.45, 7) is 15.5. The molecular weight excluding hydrogens is 240 g/mol. The van der Waals surface area contributed by atoms with Crippen molar-refractivity contribution in [3.63, 3.8) is 0 Å². The maximum absolute atomic E-state index is 12.0. The van der Waals surface area contributed by atoms with Gasteiger partial charge in [-0.3, -0.25) is 4.90 Å². The number of amides is 1. The van der Waals surface area contributed by atoms with Crippen molar-refractivity contribution < 1.29 is 9.53 Å². The summed E-state index contributed by atoms with van der Waals surface area (Å²) < 4.78 is 5.42. The normalized spacial score (nSPS) is 21.2. The van der Waals surface area contributed by atoms with Crippen molar-refractivity contribution in [1.82, 2.24) is 9.80 Å². The van der Waals surface area contributed by atoms with Crippen molar-refractivity contribution >= 4 is 6.09 Å². The van der Waals surface area contributed by atoms with Gasteiger partial charge in [0.25, 0.3) is 0 Å². The monoisotopic (exact) mass is 268 g/mol. The van der Waals surface area contributed by atoms with Crippen LogP contribution in [0, 0.1) is 0 Å². The van der Waals surface area contributed by atoms with Crippen molar-refractivity contribution in [2.24, 2.45) is 0 Å². The molecule has 1 aliphatic heterocycles. The van der Waals surface area contributed by atoms with Gasteiger partial charge >= 0.3 is 6.09 Å². The zero-order valence-corrected chi connectivity index (χ0v) is 13.2. The number of hydrogen-bond acceptors (Lipinski definition) is 3. The molecule has 1 amide bonds. The molecule has 4 heteroatoms. The van der Waals surface area contributed by atoms with E-state index in [-0.39, 0.29) is 6.09 Å². The lowest BCUT2D eigenvalue weighted by Gasteiger charge is -2.39. The standard InChI is InChI=1S/C15H28N2O2/c1-12(2)7-8-16-9-10-17(11-13(16)3)14(18)19-15(4,5)6/h7,13H,8-11H2,1-6H3/t13-/m0/s1. The summed E-state index contributed by atoms with van der Waals surface area (Å²) in [5.41, 5.74) is 0.918. The molecule has 1 saturated heterocycles. The predicted octanol–water partition coefficient (Wildman–Crippen LogP) is 2.89. The average molecular weight is 268 g/mol. The summed E-state index contributed by atoms with van der Waals surface area (Å²) in [6, 6.07) is 0.372. The summed E-state index contributed by atoms with van der Waals surface area (Å²) in [5.74, 6) is 0. The lowest BCUT2D eigenvalue weighted by atomic mass is 10.2. The van der Waals surface area contributed by atoms with Gasteiger partial charge in [0.05, 0.1) is 0 Å². The molecule has 1 rings (SSSR count). The molecule has 4 nitrogen and oxygen atoms in total. The van der Waals surface area contributed by atoms with Crippen LogP contribution in [0.25, 0.3) is 0 Å². The van der Waals surface area contributed by atoms with Crippen LogP contribution in [-0.2, 0) is 4.74 Å². The number of nitrogens with zero attached hydrogens (tertiary/aromatic N) is 2. The van der Waals surface area contributed by atoms with Crippen LogP contribution in [0.3, 0.4) is 0 Å². The maximum atomic E-state index is 12.0. The quantitative estimate of drug-likeness (QED) is 0.722. The van der Waals surface area contributed by atoms with Gasteiger partial charge in [-0.25, -0.2) is 4.79 Å². The Kier molecular flexibility index (Phi) is 5.41. The molecule has 0 aliphatic carbocycles. The zero-order valence-electron chi connectivity index (χ0n) is 13.2. The van der Waals surface area contributed by atoms with Crippen molar-refractivity contribution in [3.05, 3.63) is 11.6 Å². The first-order valence-corrected chi connectivity index (χ1v) is 7.04. The summed E-state index contributed by atoms with van der Waals surface area (Å²) in [5, 5.41) is 0. The first-order valence-electron chi connectivity index (χ1n) is 7.04. The van der Waals surface area contributed by atoms with Crippen molar-refractivity contribution in [1.29, 1.82) is 0 Å². The number of allylic oxidation sites excluding steroid dienone is 1. The first-order chi connectivity index (χ1) is 8.69. The molecule has 1 fully saturated rings. The summed E-state index contributed by atoms with van der Waals surface area (Å²) in [6.07, 6.45) is 2.04. The fraction of sp³-hybridized carbons (Fsp3) is 0.800. The Morgan fingerprint density at radius 2 is 1.95 bits per heavy atom. The third kappa shape index (κ3) is 5.64. The van der Waals surface area contributed by atoms with Crippen molar-refractivity contribution in [2.45, 2.75) is 53.2 Å². The molecule has 0 N–H and O–H groups in total. The number of carbonyl (C=O) groups excluding carboxylic acids is 1. The Morgan fingerprint density at radius 3 is 2.42 bits per heavy atom. The van der Waals surface area contributed by atoms with E-state index in [1.165, 1.54) is 5.57 Å². The van der Waals surface area contributed by atoms with E-state index in [9.17, 15) is 4.79 Å². The fourth-order valence-electron chi connectivity index (χ4n) is 2.06. The third-order valence-electron chi connectivity index (χ3n) is 3.15. The second kappa shape index (κ2) is 6.42. The Balaban J connectivity index is 2.49. The van der Waals surface area contributed by atoms with Crippen LogP contribution in [-0.4, -0.2) is 53.7 Å². The van der Waals surface area contributed by atoms with E-state index < -0.39 is 5.60 Å². The Labute approximate surface area is 117 Å². The van der Waals surface area contributed by atoms with Crippen LogP contribution in [0.15, 0.2) is 11.6 Å². The van der Waals surface area contributed by atoms with Gasteiger partial charge in [-0.1, -0.05) is 11.6 Å². The van der Waals surface area contributed by atoms with Crippen LogP contribution < -0.4 is 0 Å². The van der Waals surface area contributed by atoms with Gasteiger partial charge in [0, 0.05) is 32.2 Å². The second-order valence-electron chi connectivity index (χ2n) is 6.55. The van der Waals surface area contributed by atoms with Gasteiger partial charge in [-0.15, -0.1) is 0 Å². The molecule has 0 aromatic rings. The fourth-order valence-corrected chi connectivity index (χ4v) is 2.06. The second-order valence-corrected chi connectivity index (χ2v) is 6.55. The largest absolute Gasteiger partial charge is 0.444 e. The lowest BCUT2D eigenvalue weighted by molar-refractivity contribution is 0.00740. The average Bonchev–Trinajstić information content (AvgIpc) is 2.24. The molecule has 0 aromatic heterocycles. The van der Waals surface area contributed by atoms with Crippen LogP contribution in [0.4, 0.5) is 4.79 Å². The molecule has 0 spiro atoms. The third-order valence-corrected chi connectivity index (χ3v) is 3.15. The van der Waals surface area contributed by atoms with E-state index in [4.69, 9.17) is 4.74 Å². The Hall–Kier alpha value is -1.03. The van der Waals surface area contributed by atoms with Crippen molar-refractivity contribution in [3.8, 4) is 0 Å². The SMILES string of the molecule is CC(C)=CCN1CCN(C(=O)OC(C)(C)C)C[C@@H]1C. The lowest BCUT2D eigenvalue weighted by Crippen LogP contribution is -2.54. The van der Waals surface area contributed by atoms with Crippen LogP contribution in [0.2, 0.25) is 0 Å². The van der Waals surface area contributed by atoms with Gasteiger partial charge < -0.3 is 9.64 Å². The molecular formula is C15H28N2O2. The molecule has 0 bridgehead atoms. The molecule has 0 aromatic carbocycles. The molecule has 19 heavy (non-hydrogen) atoms. The number of hydrogen-bond donors (Lipinski definition) is 0. The minimum Gasteiger partial charge on any atom is -0.444 e. The van der Waals surface area contributed by atoms with E-state index in [1.54, 1.807) is 0 Å². The summed E-state index contributed by atoms with van der Waals surface area (Å²) in [7, 11) is 0. The number of piperazine rings is 1. The van der Waals surface area contributed by atoms with Gasteiger partial charge in [0.1, 0.15) is 5.60 Å². The van der Waals surface area contributed by atoms with Gasteiger partial charge in [-0.2, -0.15) is 0 Å². The van der Waals surface area contributed by atoms with E-state index in [2.05, 4.69) is 31.7 Å². The minimum absolute atomic E-state index is 0.193. The zero-order chi connectivity index (χ0) is 14.6. The number of ether oxygens (including phenoxy) is 1. The van der Waals surface area contributed by atoms with Crippen LogP contribution >= 0.6 is 0 Å². The smallest absolute Gasteiger partial charge is 0.410 e. The Morgan fingerprint density at radius 1 is 1.32 bits per heavy atom. The predicted molar refractivity (Wildman–Crippen MR) is 78.3 cm³/mol. The molecule has 1 atom stereocenters. The molecule has 0 saturated carbocycles. The molecule has 0 unspecified atom stereocenters. The van der Waals surface area contributed by atoms with Crippen LogP contribution in [0.1, 0.15) is 41.5 Å². The first kappa shape index (κ1) is 16.0.